The molecule has 3 rings (SSSR count). The average Bonchev–Trinajstić information content (AvgIpc) is 3.21. The van der Waals surface area contributed by atoms with Crippen molar-refractivity contribution in [3.8, 4) is 5.75 Å². The fourth-order valence-electron chi connectivity index (χ4n) is 2.31. The summed E-state index contributed by atoms with van der Waals surface area (Å²) in [7, 11) is -2.42. The molecule has 0 fully saturated rings. The van der Waals surface area contributed by atoms with Gasteiger partial charge in [0.2, 0.25) is 9.47 Å². The zero-order chi connectivity index (χ0) is 21.7. The minimum atomic E-state index is -3.97. The summed E-state index contributed by atoms with van der Waals surface area (Å²) in [5.41, 5.74) is 1.87. The van der Waals surface area contributed by atoms with Gasteiger partial charge in [-0.1, -0.05) is 17.4 Å². The van der Waals surface area contributed by atoms with E-state index in [-0.39, 0.29) is 15.2 Å². The molecular formula is C18H15N5O5S2. The molecule has 0 saturated carbocycles. The van der Waals surface area contributed by atoms with E-state index < -0.39 is 14.9 Å². The van der Waals surface area contributed by atoms with Crippen LogP contribution in [0.2, 0.25) is 0 Å². The number of nitro benzene ring substituents is 1. The summed E-state index contributed by atoms with van der Waals surface area (Å²) in [6, 6.07) is 13.1. The SMILES string of the molecule is COc1ccc(C(/C=C/c2ccc([N+](=O)[O-])cc2)=N\c2nnc(S(N)(=O)=O)s2)cc1. The van der Waals surface area contributed by atoms with Crippen LogP contribution in [0.15, 0.2) is 63.9 Å². The number of benzene rings is 2. The number of nitrogens with zero attached hydrogens (tertiary/aromatic N) is 4. The maximum Gasteiger partial charge on any atom is 0.269 e. The second kappa shape index (κ2) is 8.90. The second-order valence-electron chi connectivity index (χ2n) is 5.80. The van der Waals surface area contributed by atoms with E-state index in [4.69, 9.17) is 9.88 Å². The molecule has 0 radical (unpaired) electrons. The molecule has 3 aromatic rings. The average molecular weight is 445 g/mol. The van der Waals surface area contributed by atoms with Crippen LogP contribution in [0.3, 0.4) is 0 Å². The van der Waals surface area contributed by atoms with E-state index in [1.807, 2.05) is 0 Å². The van der Waals surface area contributed by atoms with Gasteiger partial charge in [0.05, 0.1) is 17.7 Å². The number of rotatable bonds is 7. The fourth-order valence-corrected chi connectivity index (χ4v) is 3.61. The highest BCUT2D eigenvalue weighted by Gasteiger charge is 2.15. The smallest absolute Gasteiger partial charge is 0.269 e. The van der Waals surface area contributed by atoms with Crippen LogP contribution in [0.25, 0.3) is 6.08 Å². The molecule has 10 nitrogen and oxygen atoms in total. The zero-order valence-electron chi connectivity index (χ0n) is 15.5. The van der Waals surface area contributed by atoms with Crippen molar-refractivity contribution in [3.63, 3.8) is 0 Å². The first-order valence-electron chi connectivity index (χ1n) is 8.28. The van der Waals surface area contributed by atoms with Crippen LogP contribution < -0.4 is 9.88 Å². The molecule has 0 bridgehead atoms. The molecule has 0 saturated heterocycles. The first kappa shape index (κ1) is 21.2. The highest BCUT2D eigenvalue weighted by molar-refractivity contribution is 7.91. The highest BCUT2D eigenvalue weighted by Crippen LogP contribution is 2.24. The maximum atomic E-state index is 11.4. The number of primary sulfonamides is 1. The standard InChI is InChI=1S/C18H15N5O5S2/c1-28-15-9-5-13(6-10-15)16(20-17-21-22-18(29-17)30(19,26)27)11-4-12-2-7-14(8-3-12)23(24)25/h2-11H,1H3,(H2,19,26,27)/b11-4+,20-16-. The van der Waals surface area contributed by atoms with Gasteiger partial charge < -0.3 is 4.74 Å². The van der Waals surface area contributed by atoms with Crippen LogP contribution in [0, 0.1) is 10.1 Å². The Morgan fingerprint density at radius 1 is 1.17 bits per heavy atom. The van der Waals surface area contributed by atoms with Gasteiger partial charge in [0.25, 0.3) is 15.7 Å². The minimum absolute atomic E-state index is 0.0134. The molecule has 0 aliphatic rings. The summed E-state index contributed by atoms with van der Waals surface area (Å²) in [6.07, 6.45) is 3.40. The summed E-state index contributed by atoms with van der Waals surface area (Å²) in [5.74, 6) is 0.657. The van der Waals surface area contributed by atoms with E-state index in [1.165, 1.54) is 12.1 Å². The van der Waals surface area contributed by atoms with Gasteiger partial charge >= 0.3 is 0 Å². The number of hydrogen-bond donors (Lipinski definition) is 1. The quantitative estimate of drug-likeness (QED) is 0.333. The van der Waals surface area contributed by atoms with E-state index in [9.17, 15) is 18.5 Å². The lowest BCUT2D eigenvalue weighted by Gasteiger charge is -2.04. The second-order valence-corrected chi connectivity index (χ2v) is 8.49. The number of nitrogens with two attached hydrogens (primary N) is 1. The Morgan fingerprint density at radius 2 is 1.83 bits per heavy atom. The van der Waals surface area contributed by atoms with Crippen LogP contribution >= 0.6 is 11.3 Å². The molecule has 0 spiro atoms. The predicted molar refractivity (Wildman–Crippen MR) is 113 cm³/mol. The molecule has 154 valence electrons. The van der Waals surface area contributed by atoms with Gasteiger partial charge in [0.1, 0.15) is 5.75 Å². The number of sulfonamides is 1. The number of non-ortho nitro benzene ring substituents is 1. The van der Waals surface area contributed by atoms with Gasteiger partial charge in [-0.05, 0) is 48.0 Å². The molecule has 30 heavy (non-hydrogen) atoms. The number of methoxy groups -OCH3 is 1. The summed E-state index contributed by atoms with van der Waals surface area (Å²) in [6.45, 7) is 0. The number of hydrogen-bond acceptors (Lipinski definition) is 9. The third-order valence-electron chi connectivity index (χ3n) is 3.78. The summed E-state index contributed by atoms with van der Waals surface area (Å²) < 4.78 is 27.7. The summed E-state index contributed by atoms with van der Waals surface area (Å²) in [5, 5.41) is 23.3. The minimum Gasteiger partial charge on any atom is -0.497 e. The van der Waals surface area contributed by atoms with Gasteiger partial charge in [0, 0.05) is 17.7 Å². The van der Waals surface area contributed by atoms with E-state index in [2.05, 4.69) is 15.2 Å². The van der Waals surface area contributed by atoms with Crippen molar-refractivity contribution >= 4 is 44.0 Å². The van der Waals surface area contributed by atoms with Gasteiger partial charge in [-0.3, -0.25) is 10.1 Å². The first-order chi connectivity index (χ1) is 14.3. The van der Waals surface area contributed by atoms with Crippen molar-refractivity contribution in [2.24, 2.45) is 10.1 Å². The van der Waals surface area contributed by atoms with Gasteiger partial charge in [-0.25, -0.2) is 18.5 Å². The topological polar surface area (TPSA) is 151 Å². The summed E-state index contributed by atoms with van der Waals surface area (Å²) >= 11 is 0.741. The van der Waals surface area contributed by atoms with E-state index in [0.29, 0.717) is 22.6 Å². The van der Waals surface area contributed by atoms with Crippen molar-refractivity contribution < 1.29 is 18.1 Å². The Hall–Kier alpha value is -3.48. The van der Waals surface area contributed by atoms with Gasteiger partial charge in [0.15, 0.2) is 0 Å². The molecule has 2 N–H and O–H groups in total. The third-order valence-corrected chi connectivity index (χ3v) is 5.91. The van der Waals surface area contributed by atoms with Gasteiger partial charge in [-0.2, -0.15) is 0 Å². The lowest BCUT2D eigenvalue weighted by molar-refractivity contribution is -0.384. The summed E-state index contributed by atoms with van der Waals surface area (Å²) in [4.78, 5) is 14.7. The van der Waals surface area contributed by atoms with Crippen LogP contribution in [0.4, 0.5) is 10.8 Å². The van der Waals surface area contributed by atoms with E-state index >= 15 is 0 Å². The Morgan fingerprint density at radius 3 is 2.37 bits per heavy atom. The fraction of sp³-hybridized carbons (Fsp3) is 0.0556. The maximum absolute atomic E-state index is 11.4. The van der Waals surface area contributed by atoms with Crippen LogP contribution in [-0.4, -0.2) is 36.4 Å². The Bertz CT molecular complexity index is 1220. The van der Waals surface area contributed by atoms with Crippen LogP contribution in [0.5, 0.6) is 5.75 Å². The largest absolute Gasteiger partial charge is 0.497 e. The van der Waals surface area contributed by atoms with E-state index in [0.717, 1.165) is 11.3 Å². The number of ether oxygens (including phenoxy) is 1. The third kappa shape index (κ3) is 5.31. The first-order valence-corrected chi connectivity index (χ1v) is 10.6. The highest BCUT2D eigenvalue weighted by atomic mass is 32.2. The van der Waals surface area contributed by atoms with Crippen LogP contribution in [0.1, 0.15) is 11.1 Å². The molecule has 0 aliphatic heterocycles. The molecule has 0 atom stereocenters. The number of aliphatic imine (C=N–C) groups is 1. The zero-order valence-corrected chi connectivity index (χ0v) is 17.1. The number of aromatic nitrogens is 2. The lowest BCUT2D eigenvalue weighted by atomic mass is 10.1. The van der Waals surface area contributed by atoms with Crippen LogP contribution in [-0.2, 0) is 10.0 Å². The molecule has 0 aliphatic carbocycles. The van der Waals surface area contributed by atoms with E-state index in [1.54, 1.807) is 55.7 Å². The van der Waals surface area contributed by atoms with Crippen molar-refractivity contribution in [2.45, 2.75) is 4.34 Å². The molecule has 0 unspecified atom stereocenters. The van der Waals surface area contributed by atoms with Crippen molar-refractivity contribution in [2.75, 3.05) is 7.11 Å². The predicted octanol–water partition coefficient (Wildman–Crippen LogP) is 2.94. The Labute approximate surface area is 175 Å². The molecule has 12 heteroatoms. The van der Waals surface area contributed by atoms with Crippen molar-refractivity contribution in [1.29, 1.82) is 0 Å². The number of allylic oxidation sites excluding steroid dienone is 1. The Kier molecular flexibility index (Phi) is 6.30. The molecular weight excluding hydrogens is 430 g/mol. The lowest BCUT2D eigenvalue weighted by Crippen LogP contribution is -2.11. The van der Waals surface area contributed by atoms with Gasteiger partial charge in [-0.15, -0.1) is 10.2 Å². The normalized spacial score (nSPS) is 12.3. The molecule has 0 amide bonds. The molecule has 1 aromatic heterocycles. The Balaban J connectivity index is 1.98. The molecule has 2 aromatic carbocycles. The van der Waals surface area contributed by atoms with Crippen molar-refractivity contribution in [3.05, 3.63) is 75.8 Å². The molecule has 1 heterocycles. The van der Waals surface area contributed by atoms with Crippen molar-refractivity contribution in [1.82, 2.24) is 10.2 Å². The number of nitro groups is 1. The monoisotopic (exact) mass is 445 g/mol.